The number of para-hydroxylation sites is 1. The van der Waals surface area contributed by atoms with Crippen molar-refractivity contribution >= 4 is 17.3 Å². The van der Waals surface area contributed by atoms with Gasteiger partial charge in [0.2, 0.25) is 0 Å². The lowest BCUT2D eigenvalue weighted by molar-refractivity contribution is -0.112. The highest BCUT2D eigenvalue weighted by Gasteiger charge is 2.09. The van der Waals surface area contributed by atoms with Crippen molar-refractivity contribution in [2.75, 3.05) is 10.6 Å². The summed E-state index contributed by atoms with van der Waals surface area (Å²) in [5, 5.41) is 15.1. The van der Waals surface area contributed by atoms with E-state index in [1.807, 2.05) is 48.5 Å². The molecule has 0 aliphatic carbocycles. The molecule has 3 rings (SSSR count). The molecule has 0 saturated carbocycles. The van der Waals surface area contributed by atoms with Gasteiger partial charge >= 0.3 is 0 Å². The lowest BCUT2D eigenvalue weighted by Crippen LogP contribution is -2.14. The Morgan fingerprint density at radius 3 is 2.23 bits per heavy atom. The Morgan fingerprint density at radius 2 is 1.58 bits per heavy atom. The largest absolute Gasteiger partial charge is 0.457 e. The normalized spacial score (nSPS) is 10.8. The Morgan fingerprint density at radius 1 is 0.935 bits per heavy atom. The van der Waals surface area contributed by atoms with Crippen LogP contribution >= 0.6 is 0 Å². The second-order valence-electron chi connectivity index (χ2n) is 7.01. The Bertz CT molecular complexity index is 1050. The van der Waals surface area contributed by atoms with Gasteiger partial charge < -0.3 is 15.4 Å². The zero-order chi connectivity index (χ0) is 21.9. The molecule has 0 fully saturated rings. The third-order valence-electron chi connectivity index (χ3n) is 4.61. The van der Waals surface area contributed by atoms with Crippen LogP contribution in [0.25, 0.3) is 0 Å². The molecular weight excluding hydrogens is 386 g/mol. The molecule has 2 N–H and O–H groups in total. The average molecular weight is 412 g/mol. The van der Waals surface area contributed by atoms with E-state index in [2.05, 4.69) is 29.7 Å². The van der Waals surface area contributed by atoms with Gasteiger partial charge in [0, 0.05) is 17.6 Å². The van der Waals surface area contributed by atoms with Crippen molar-refractivity contribution in [2.45, 2.75) is 26.2 Å². The number of rotatable bonds is 9. The van der Waals surface area contributed by atoms with Crippen LogP contribution in [0.3, 0.4) is 0 Å². The SMILES string of the molecule is CCCCc1ccc(N/C=C(/C#N)C(=O)Nc2ccc(Oc3ccccc3)cc2)cc1. The van der Waals surface area contributed by atoms with Gasteiger partial charge in [-0.1, -0.05) is 43.7 Å². The molecule has 3 aromatic rings. The fourth-order valence-corrected chi connectivity index (χ4v) is 2.88. The molecule has 0 unspecified atom stereocenters. The number of ether oxygens (including phenoxy) is 1. The van der Waals surface area contributed by atoms with Crippen LogP contribution in [0.5, 0.6) is 11.5 Å². The molecule has 0 atom stereocenters. The first-order chi connectivity index (χ1) is 15.2. The van der Waals surface area contributed by atoms with Crippen molar-refractivity contribution in [3.63, 3.8) is 0 Å². The van der Waals surface area contributed by atoms with Crippen molar-refractivity contribution in [3.8, 4) is 17.6 Å². The molecule has 31 heavy (non-hydrogen) atoms. The molecule has 5 heteroatoms. The number of nitrogens with one attached hydrogen (secondary N) is 2. The summed E-state index contributed by atoms with van der Waals surface area (Å²) in [4.78, 5) is 12.4. The lowest BCUT2D eigenvalue weighted by Gasteiger charge is -2.08. The molecule has 1 amide bonds. The number of nitrogens with zero attached hydrogens (tertiary/aromatic N) is 1. The summed E-state index contributed by atoms with van der Waals surface area (Å²) in [5.74, 6) is 0.911. The van der Waals surface area contributed by atoms with Gasteiger partial charge in [-0.25, -0.2) is 0 Å². The molecule has 0 aliphatic rings. The second kappa shape index (κ2) is 11.2. The van der Waals surface area contributed by atoms with Crippen molar-refractivity contribution < 1.29 is 9.53 Å². The molecule has 0 heterocycles. The molecule has 0 bridgehead atoms. The second-order valence-corrected chi connectivity index (χ2v) is 7.01. The molecule has 0 spiro atoms. The Kier molecular flexibility index (Phi) is 7.84. The van der Waals surface area contributed by atoms with E-state index in [0.29, 0.717) is 11.4 Å². The van der Waals surface area contributed by atoms with E-state index in [9.17, 15) is 10.1 Å². The molecule has 156 valence electrons. The maximum Gasteiger partial charge on any atom is 0.267 e. The number of aryl methyl sites for hydroxylation is 1. The smallest absolute Gasteiger partial charge is 0.267 e. The first-order valence-corrected chi connectivity index (χ1v) is 10.3. The quantitative estimate of drug-likeness (QED) is 0.321. The highest BCUT2D eigenvalue weighted by molar-refractivity contribution is 6.06. The zero-order valence-corrected chi connectivity index (χ0v) is 17.5. The van der Waals surface area contributed by atoms with E-state index in [1.54, 1.807) is 24.3 Å². The number of hydrogen-bond acceptors (Lipinski definition) is 4. The van der Waals surface area contributed by atoms with Crippen LogP contribution in [-0.2, 0) is 11.2 Å². The van der Waals surface area contributed by atoms with Crippen LogP contribution in [-0.4, -0.2) is 5.91 Å². The number of carbonyl (C=O) groups is 1. The molecule has 5 nitrogen and oxygen atoms in total. The number of anilines is 2. The minimum absolute atomic E-state index is 0.0142. The molecule has 0 saturated heterocycles. The first kappa shape index (κ1) is 21.7. The van der Waals surface area contributed by atoms with E-state index >= 15 is 0 Å². The number of unbranched alkanes of at least 4 members (excludes halogenated alkanes) is 1. The Hall–Kier alpha value is -4.04. The van der Waals surface area contributed by atoms with Gasteiger partial charge in [-0.15, -0.1) is 0 Å². The van der Waals surface area contributed by atoms with E-state index < -0.39 is 5.91 Å². The molecular formula is C26H25N3O2. The van der Waals surface area contributed by atoms with Crippen molar-refractivity contribution in [2.24, 2.45) is 0 Å². The summed E-state index contributed by atoms with van der Waals surface area (Å²) in [6.45, 7) is 2.17. The summed E-state index contributed by atoms with van der Waals surface area (Å²) in [6.07, 6.45) is 4.79. The molecule has 3 aromatic carbocycles. The van der Waals surface area contributed by atoms with Gasteiger partial charge in [0.05, 0.1) is 0 Å². The fraction of sp³-hybridized carbons (Fsp3) is 0.154. The predicted octanol–water partition coefficient (Wildman–Crippen LogP) is 6.28. The van der Waals surface area contributed by atoms with E-state index in [-0.39, 0.29) is 5.57 Å². The van der Waals surface area contributed by atoms with Crippen LogP contribution in [0.1, 0.15) is 25.3 Å². The van der Waals surface area contributed by atoms with Crippen LogP contribution in [0.4, 0.5) is 11.4 Å². The first-order valence-electron chi connectivity index (χ1n) is 10.3. The number of amides is 1. The number of carbonyl (C=O) groups excluding carboxylic acids is 1. The lowest BCUT2D eigenvalue weighted by atomic mass is 10.1. The average Bonchev–Trinajstić information content (AvgIpc) is 2.81. The van der Waals surface area contributed by atoms with Crippen molar-refractivity contribution in [3.05, 3.63) is 96.2 Å². The van der Waals surface area contributed by atoms with Gasteiger partial charge in [-0.3, -0.25) is 4.79 Å². The highest BCUT2D eigenvalue weighted by Crippen LogP contribution is 2.23. The van der Waals surface area contributed by atoms with E-state index in [0.717, 1.165) is 30.7 Å². The van der Waals surface area contributed by atoms with Gasteiger partial charge in [0.1, 0.15) is 23.1 Å². The molecule has 0 aromatic heterocycles. The highest BCUT2D eigenvalue weighted by atomic mass is 16.5. The van der Waals surface area contributed by atoms with E-state index in [1.165, 1.54) is 11.8 Å². The number of nitriles is 1. The van der Waals surface area contributed by atoms with Crippen LogP contribution in [0.15, 0.2) is 90.6 Å². The van der Waals surface area contributed by atoms with Crippen LogP contribution < -0.4 is 15.4 Å². The van der Waals surface area contributed by atoms with Crippen molar-refractivity contribution in [1.29, 1.82) is 5.26 Å². The third-order valence-corrected chi connectivity index (χ3v) is 4.61. The maximum absolute atomic E-state index is 12.4. The molecule has 0 aliphatic heterocycles. The number of benzene rings is 3. The topological polar surface area (TPSA) is 74.2 Å². The zero-order valence-electron chi connectivity index (χ0n) is 17.5. The monoisotopic (exact) mass is 411 g/mol. The summed E-state index contributed by atoms with van der Waals surface area (Å²) in [7, 11) is 0. The summed E-state index contributed by atoms with van der Waals surface area (Å²) < 4.78 is 5.74. The van der Waals surface area contributed by atoms with Gasteiger partial charge in [-0.2, -0.15) is 5.26 Å². The minimum atomic E-state index is -0.480. The summed E-state index contributed by atoms with van der Waals surface area (Å²) in [6, 6.07) is 26.4. The Balaban J connectivity index is 1.57. The summed E-state index contributed by atoms with van der Waals surface area (Å²) in [5.41, 5.74) is 2.66. The standard InChI is InChI=1S/C26H25N3O2/c1-2-3-7-20-10-12-22(13-11-20)28-19-21(18-27)26(30)29-23-14-16-25(17-15-23)31-24-8-5-4-6-9-24/h4-6,8-17,19,28H,2-3,7H2,1H3,(H,29,30)/b21-19-. The maximum atomic E-state index is 12.4. The fourth-order valence-electron chi connectivity index (χ4n) is 2.88. The van der Waals surface area contributed by atoms with E-state index in [4.69, 9.17) is 4.74 Å². The predicted molar refractivity (Wildman–Crippen MR) is 124 cm³/mol. The summed E-state index contributed by atoms with van der Waals surface area (Å²) >= 11 is 0. The molecule has 0 radical (unpaired) electrons. The van der Waals surface area contributed by atoms with Gasteiger partial charge in [0.15, 0.2) is 0 Å². The minimum Gasteiger partial charge on any atom is -0.457 e. The Labute approximate surface area is 183 Å². The van der Waals surface area contributed by atoms with Crippen molar-refractivity contribution in [1.82, 2.24) is 0 Å². The third kappa shape index (κ3) is 6.76. The van der Waals surface area contributed by atoms with Gasteiger partial charge in [-0.05, 0) is 66.9 Å². The van der Waals surface area contributed by atoms with Crippen LogP contribution in [0.2, 0.25) is 0 Å². The van der Waals surface area contributed by atoms with Crippen LogP contribution in [0, 0.1) is 11.3 Å². The number of hydrogen-bond donors (Lipinski definition) is 2. The van der Waals surface area contributed by atoms with Gasteiger partial charge in [0.25, 0.3) is 5.91 Å².